The Morgan fingerprint density at radius 1 is 1.14 bits per heavy atom. The second-order valence-corrected chi connectivity index (χ2v) is 6.63. The van der Waals surface area contributed by atoms with Crippen LogP contribution in [-0.2, 0) is 26.1 Å². The van der Waals surface area contributed by atoms with E-state index in [2.05, 4.69) is 21.0 Å². The van der Waals surface area contributed by atoms with Crippen molar-refractivity contribution in [3.63, 3.8) is 0 Å². The Balaban J connectivity index is 1.44. The van der Waals surface area contributed by atoms with Gasteiger partial charge in [0.2, 0.25) is 5.88 Å². The summed E-state index contributed by atoms with van der Waals surface area (Å²) in [6.07, 6.45) is 4.03. The maximum atomic E-state index is 12.9. The predicted molar refractivity (Wildman–Crippen MR) is 103 cm³/mol. The zero-order valence-corrected chi connectivity index (χ0v) is 15.4. The smallest absolute Gasteiger partial charge is 0.254 e. The van der Waals surface area contributed by atoms with E-state index in [4.69, 9.17) is 10.5 Å². The van der Waals surface area contributed by atoms with Crippen molar-refractivity contribution < 1.29 is 9.53 Å². The molecule has 0 saturated heterocycles. The Kier molecular flexibility index (Phi) is 5.25. The van der Waals surface area contributed by atoms with Crippen LogP contribution >= 0.6 is 0 Å². The van der Waals surface area contributed by atoms with Gasteiger partial charge in [-0.25, -0.2) is 9.97 Å². The van der Waals surface area contributed by atoms with Crippen LogP contribution in [0.15, 0.2) is 55.0 Å². The number of nitrogens with two attached hydrogens (primary N) is 1. The van der Waals surface area contributed by atoms with Crippen LogP contribution in [0.1, 0.15) is 32.9 Å². The molecular weight excluding hydrogens is 354 g/mol. The van der Waals surface area contributed by atoms with Crippen LogP contribution in [0.5, 0.6) is 5.88 Å². The van der Waals surface area contributed by atoms with Crippen molar-refractivity contribution in [3.05, 3.63) is 83.1 Å². The van der Waals surface area contributed by atoms with Crippen LogP contribution in [-0.4, -0.2) is 32.3 Å². The molecule has 0 saturated carbocycles. The lowest BCUT2D eigenvalue weighted by Crippen LogP contribution is -2.36. The lowest BCUT2D eigenvalue weighted by Gasteiger charge is -2.28. The highest BCUT2D eigenvalue weighted by molar-refractivity contribution is 5.94. The molecular formula is C21H21N5O2. The van der Waals surface area contributed by atoms with Crippen LogP contribution in [0.4, 0.5) is 0 Å². The van der Waals surface area contributed by atoms with Crippen LogP contribution in [0.25, 0.3) is 0 Å². The topological polar surface area (TPSA) is 94.2 Å². The minimum Gasteiger partial charge on any atom is -0.473 e. The van der Waals surface area contributed by atoms with E-state index < -0.39 is 0 Å². The highest BCUT2D eigenvalue weighted by atomic mass is 16.5. The number of hydrogen-bond acceptors (Lipinski definition) is 6. The molecule has 0 radical (unpaired) electrons. The Hall–Kier alpha value is -3.32. The third-order valence-electron chi connectivity index (χ3n) is 4.73. The van der Waals surface area contributed by atoms with E-state index in [9.17, 15) is 4.79 Å². The van der Waals surface area contributed by atoms with Gasteiger partial charge in [-0.1, -0.05) is 18.2 Å². The molecule has 3 aromatic rings. The van der Waals surface area contributed by atoms with Gasteiger partial charge in [0, 0.05) is 30.9 Å². The molecule has 28 heavy (non-hydrogen) atoms. The van der Waals surface area contributed by atoms with Crippen molar-refractivity contribution in [2.45, 2.75) is 26.1 Å². The molecule has 7 heteroatoms. The Morgan fingerprint density at radius 2 is 2.07 bits per heavy atom. The molecule has 3 heterocycles. The molecule has 2 N–H and O–H groups in total. The van der Waals surface area contributed by atoms with Gasteiger partial charge in [0.05, 0.1) is 17.9 Å². The van der Waals surface area contributed by atoms with E-state index in [0.29, 0.717) is 43.4 Å². The van der Waals surface area contributed by atoms with Crippen LogP contribution in [0, 0.1) is 0 Å². The molecule has 1 amide bonds. The van der Waals surface area contributed by atoms with Crippen LogP contribution < -0.4 is 10.5 Å². The minimum absolute atomic E-state index is 0.00519. The summed E-state index contributed by atoms with van der Waals surface area (Å²) in [6.45, 7) is 1.88. The first-order valence-electron chi connectivity index (χ1n) is 9.17. The highest BCUT2D eigenvalue weighted by Gasteiger charge is 2.22. The quantitative estimate of drug-likeness (QED) is 0.734. The van der Waals surface area contributed by atoms with Gasteiger partial charge in [0.1, 0.15) is 12.9 Å². The molecule has 7 nitrogen and oxygen atoms in total. The summed E-state index contributed by atoms with van der Waals surface area (Å²) >= 11 is 0. The summed E-state index contributed by atoms with van der Waals surface area (Å²) in [7, 11) is 0. The summed E-state index contributed by atoms with van der Waals surface area (Å²) in [5, 5.41) is 0. The van der Waals surface area contributed by atoms with E-state index in [1.807, 2.05) is 35.2 Å². The monoisotopic (exact) mass is 375 g/mol. The van der Waals surface area contributed by atoms with Crippen molar-refractivity contribution in [2.75, 3.05) is 6.54 Å². The number of ether oxygens (including phenoxy) is 1. The Morgan fingerprint density at radius 3 is 2.96 bits per heavy atom. The maximum Gasteiger partial charge on any atom is 0.254 e. The van der Waals surface area contributed by atoms with Crippen molar-refractivity contribution in [3.8, 4) is 5.88 Å². The number of pyridine rings is 1. The molecule has 1 aliphatic rings. The molecule has 1 aromatic carbocycles. The molecule has 0 spiro atoms. The molecule has 0 aliphatic carbocycles. The van der Waals surface area contributed by atoms with E-state index in [1.165, 1.54) is 11.9 Å². The third-order valence-corrected chi connectivity index (χ3v) is 4.73. The fraction of sp³-hybridized carbons (Fsp3) is 0.238. The summed E-state index contributed by atoms with van der Waals surface area (Å²) in [6, 6.07) is 13.2. The minimum atomic E-state index is 0.00519. The second-order valence-electron chi connectivity index (χ2n) is 6.63. The SMILES string of the molecule is NCc1cc(OCc2cccc(C(=O)N3CCc4cccnc4C3)c2)ncn1. The number of fused-ring (bicyclic) bond motifs is 1. The zero-order valence-electron chi connectivity index (χ0n) is 15.4. The fourth-order valence-corrected chi connectivity index (χ4v) is 3.23. The molecule has 1 aliphatic heterocycles. The molecule has 0 fully saturated rings. The Labute approximate surface area is 163 Å². The van der Waals surface area contributed by atoms with Crippen LogP contribution in [0.2, 0.25) is 0 Å². The lowest BCUT2D eigenvalue weighted by atomic mass is 10.0. The summed E-state index contributed by atoms with van der Waals surface area (Å²) in [5.74, 6) is 0.469. The van der Waals surface area contributed by atoms with E-state index >= 15 is 0 Å². The summed E-state index contributed by atoms with van der Waals surface area (Å²) in [4.78, 5) is 27.3. The van der Waals surface area contributed by atoms with E-state index in [1.54, 1.807) is 12.3 Å². The lowest BCUT2D eigenvalue weighted by molar-refractivity contribution is 0.0731. The fourth-order valence-electron chi connectivity index (χ4n) is 3.23. The zero-order chi connectivity index (χ0) is 19.3. The first kappa shape index (κ1) is 18.1. The van der Waals surface area contributed by atoms with E-state index in [0.717, 1.165) is 17.7 Å². The molecule has 0 unspecified atom stereocenters. The number of nitrogens with zero attached hydrogens (tertiary/aromatic N) is 4. The number of aromatic nitrogens is 3. The van der Waals surface area contributed by atoms with Gasteiger partial charge >= 0.3 is 0 Å². The van der Waals surface area contributed by atoms with Crippen molar-refractivity contribution in [1.29, 1.82) is 0 Å². The molecule has 2 aromatic heterocycles. The largest absolute Gasteiger partial charge is 0.473 e. The van der Waals surface area contributed by atoms with Gasteiger partial charge < -0.3 is 15.4 Å². The number of rotatable bonds is 5. The third kappa shape index (κ3) is 3.99. The molecule has 142 valence electrons. The number of hydrogen-bond donors (Lipinski definition) is 1. The maximum absolute atomic E-state index is 12.9. The van der Waals surface area contributed by atoms with Crippen LogP contribution in [0.3, 0.4) is 0 Å². The first-order valence-corrected chi connectivity index (χ1v) is 9.17. The standard InChI is InChI=1S/C21H21N5O2/c22-11-18-10-20(25-14-24-18)28-13-15-3-1-4-17(9-15)21(27)26-8-6-16-5-2-7-23-19(16)12-26/h1-5,7,9-10,14H,6,8,11-13,22H2. The normalized spacial score (nSPS) is 13.1. The van der Waals surface area contributed by atoms with Crippen molar-refractivity contribution in [1.82, 2.24) is 19.9 Å². The highest BCUT2D eigenvalue weighted by Crippen LogP contribution is 2.19. The average molecular weight is 375 g/mol. The van der Waals surface area contributed by atoms with Gasteiger partial charge in [-0.15, -0.1) is 0 Å². The van der Waals surface area contributed by atoms with Gasteiger partial charge in [0.25, 0.3) is 5.91 Å². The summed E-state index contributed by atoms with van der Waals surface area (Å²) in [5.41, 5.74) is 10.0. The van der Waals surface area contributed by atoms with Gasteiger partial charge in [0.15, 0.2) is 0 Å². The Bertz CT molecular complexity index is 992. The van der Waals surface area contributed by atoms with Gasteiger partial charge in [-0.05, 0) is 35.7 Å². The average Bonchev–Trinajstić information content (AvgIpc) is 2.77. The van der Waals surface area contributed by atoms with Gasteiger partial charge in [-0.2, -0.15) is 0 Å². The molecule has 0 bridgehead atoms. The second kappa shape index (κ2) is 8.14. The predicted octanol–water partition coefficient (Wildman–Crippen LogP) is 2.11. The number of benzene rings is 1. The molecule has 4 rings (SSSR count). The number of amides is 1. The first-order chi connectivity index (χ1) is 13.7. The van der Waals surface area contributed by atoms with E-state index in [-0.39, 0.29) is 5.91 Å². The summed E-state index contributed by atoms with van der Waals surface area (Å²) < 4.78 is 5.72. The number of carbonyl (C=O) groups excluding carboxylic acids is 1. The molecule has 0 atom stereocenters. The van der Waals surface area contributed by atoms with Gasteiger partial charge in [-0.3, -0.25) is 9.78 Å². The van der Waals surface area contributed by atoms with Crippen molar-refractivity contribution in [2.24, 2.45) is 5.73 Å². The van der Waals surface area contributed by atoms with Crippen molar-refractivity contribution >= 4 is 5.91 Å². The number of carbonyl (C=O) groups is 1.